The zero-order chi connectivity index (χ0) is 9.26. The number of rotatable bonds is 3. The molecule has 0 aliphatic rings. The minimum Gasteiger partial charge on any atom is -0.282 e. The molecule has 0 saturated heterocycles. The highest BCUT2D eigenvalue weighted by Gasteiger charge is 2.05. The van der Waals surface area contributed by atoms with Crippen LogP contribution in [0.3, 0.4) is 0 Å². The van der Waals surface area contributed by atoms with E-state index in [1.807, 2.05) is 15.6 Å². The predicted molar refractivity (Wildman–Crippen MR) is 50.3 cm³/mol. The molecule has 2 aromatic rings. The third-order valence-corrected chi connectivity index (χ3v) is 2.12. The van der Waals surface area contributed by atoms with Crippen LogP contribution in [0.4, 0.5) is 0 Å². The fourth-order valence-electron chi connectivity index (χ4n) is 1.39. The Morgan fingerprint density at radius 3 is 2.77 bits per heavy atom. The van der Waals surface area contributed by atoms with E-state index in [9.17, 15) is 0 Å². The lowest BCUT2D eigenvalue weighted by atomic mass is 10.6. The summed E-state index contributed by atoms with van der Waals surface area (Å²) in [5.41, 5.74) is 1.02. The molecule has 0 N–H and O–H groups in total. The molecule has 0 fully saturated rings. The minimum atomic E-state index is 0.936. The second-order valence-electron chi connectivity index (χ2n) is 2.81. The summed E-state index contributed by atoms with van der Waals surface area (Å²) in [6.07, 6.45) is 5.37. The van der Waals surface area contributed by atoms with E-state index in [0.717, 1.165) is 18.6 Å². The molecule has 5 nitrogen and oxygen atoms in total. The summed E-state index contributed by atoms with van der Waals surface area (Å²) in [6.45, 7) is 6.08. The van der Waals surface area contributed by atoms with E-state index in [4.69, 9.17) is 0 Å². The Morgan fingerprint density at radius 2 is 2.08 bits per heavy atom. The summed E-state index contributed by atoms with van der Waals surface area (Å²) >= 11 is 0. The second-order valence-corrected chi connectivity index (χ2v) is 2.81. The Balaban J connectivity index is 2.47. The van der Waals surface area contributed by atoms with Gasteiger partial charge in [-0.1, -0.05) is 0 Å². The van der Waals surface area contributed by atoms with E-state index in [2.05, 4.69) is 28.9 Å². The molecule has 70 valence electrons. The van der Waals surface area contributed by atoms with Crippen molar-refractivity contribution in [3.05, 3.63) is 18.7 Å². The largest absolute Gasteiger partial charge is 0.282 e. The van der Waals surface area contributed by atoms with E-state index in [1.54, 1.807) is 12.5 Å². The van der Waals surface area contributed by atoms with Crippen molar-refractivity contribution in [2.24, 2.45) is 0 Å². The second kappa shape index (κ2) is 3.08. The lowest BCUT2D eigenvalue weighted by Crippen LogP contribution is -2.37. The van der Waals surface area contributed by atoms with E-state index in [0.29, 0.717) is 0 Å². The van der Waals surface area contributed by atoms with Gasteiger partial charge in [0.05, 0.1) is 12.4 Å². The lowest BCUT2D eigenvalue weighted by molar-refractivity contribution is 0.467. The average molecular weight is 179 g/mol. The highest BCUT2D eigenvalue weighted by atomic mass is 15.8. The highest BCUT2D eigenvalue weighted by molar-refractivity contribution is 5.40. The van der Waals surface area contributed by atoms with Gasteiger partial charge in [-0.05, 0) is 13.8 Å². The Labute approximate surface area is 76.5 Å². The molecular weight excluding hydrogens is 166 g/mol. The summed E-state index contributed by atoms with van der Waals surface area (Å²) in [5.74, 6) is 0. The van der Waals surface area contributed by atoms with Crippen molar-refractivity contribution in [1.82, 2.24) is 19.5 Å². The fourth-order valence-corrected chi connectivity index (χ4v) is 1.39. The Morgan fingerprint density at radius 1 is 1.31 bits per heavy atom. The molecule has 0 aromatic carbocycles. The van der Waals surface area contributed by atoms with E-state index in [-0.39, 0.29) is 0 Å². The first-order valence-electron chi connectivity index (χ1n) is 4.48. The van der Waals surface area contributed by atoms with Crippen LogP contribution in [-0.4, -0.2) is 32.6 Å². The number of hydrogen-bond donors (Lipinski definition) is 0. The third-order valence-electron chi connectivity index (χ3n) is 2.12. The van der Waals surface area contributed by atoms with Gasteiger partial charge in [-0.3, -0.25) is 5.01 Å². The molecule has 0 unspecified atom stereocenters. The standard InChI is InChI=1S/C8H13N5/c1-3-11(4-2)13-10-6-8-5-9-7-12(8)13/h5-7H,3-4H2,1-2H3. The summed E-state index contributed by atoms with van der Waals surface area (Å²) in [7, 11) is 0. The van der Waals surface area contributed by atoms with Gasteiger partial charge in [0, 0.05) is 13.1 Å². The number of imidazole rings is 1. The van der Waals surface area contributed by atoms with Crippen LogP contribution in [0.5, 0.6) is 0 Å². The van der Waals surface area contributed by atoms with Crippen molar-refractivity contribution >= 4 is 5.52 Å². The van der Waals surface area contributed by atoms with Crippen molar-refractivity contribution in [2.45, 2.75) is 13.8 Å². The van der Waals surface area contributed by atoms with Gasteiger partial charge in [0.2, 0.25) is 0 Å². The average Bonchev–Trinajstić information content (AvgIpc) is 2.70. The Kier molecular flexibility index (Phi) is 1.92. The first kappa shape index (κ1) is 8.10. The van der Waals surface area contributed by atoms with E-state index < -0.39 is 0 Å². The predicted octanol–water partition coefficient (Wildman–Crippen LogP) is 0.509. The van der Waals surface area contributed by atoms with Crippen LogP contribution in [-0.2, 0) is 0 Å². The maximum atomic E-state index is 4.26. The van der Waals surface area contributed by atoms with Gasteiger partial charge in [-0.25, -0.2) is 9.50 Å². The molecule has 2 rings (SSSR count). The normalized spacial score (nSPS) is 10.9. The molecule has 0 saturated carbocycles. The molecular formula is C8H13N5. The smallest absolute Gasteiger partial charge is 0.119 e. The van der Waals surface area contributed by atoms with Crippen molar-refractivity contribution in [1.29, 1.82) is 0 Å². The molecule has 0 spiro atoms. The van der Waals surface area contributed by atoms with Crippen molar-refractivity contribution in [3.63, 3.8) is 0 Å². The van der Waals surface area contributed by atoms with Crippen LogP contribution in [0.15, 0.2) is 18.7 Å². The van der Waals surface area contributed by atoms with Gasteiger partial charge in [0.15, 0.2) is 0 Å². The minimum absolute atomic E-state index is 0.936. The van der Waals surface area contributed by atoms with E-state index in [1.165, 1.54) is 0 Å². The van der Waals surface area contributed by atoms with Crippen molar-refractivity contribution < 1.29 is 0 Å². The SMILES string of the molecule is CCN(CC)n1ncc2cncn21. The number of aromatic nitrogens is 4. The highest BCUT2D eigenvalue weighted by Crippen LogP contribution is 2.00. The Hall–Kier alpha value is -1.52. The molecule has 0 amide bonds. The Bertz CT molecular complexity index is 384. The lowest BCUT2D eigenvalue weighted by Gasteiger charge is -2.20. The van der Waals surface area contributed by atoms with Crippen LogP contribution in [0.25, 0.3) is 5.52 Å². The topological polar surface area (TPSA) is 38.4 Å². The molecule has 0 aliphatic carbocycles. The van der Waals surface area contributed by atoms with Gasteiger partial charge in [0.1, 0.15) is 11.8 Å². The maximum absolute atomic E-state index is 4.26. The van der Waals surface area contributed by atoms with Crippen LogP contribution >= 0.6 is 0 Å². The van der Waals surface area contributed by atoms with E-state index >= 15 is 0 Å². The number of hydrogen-bond acceptors (Lipinski definition) is 3. The van der Waals surface area contributed by atoms with Crippen LogP contribution < -0.4 is 5.01 Å². The summed E-state index contributed by atoms with van der Waals surface area (Å²) in [6, 6.07) is 0. The number of nitrogens with zero attached hydrogens (tertiary/aromatic N) is 5. The monoisotopic (exact) mass is 179 g/mol. The van der Waals surface area contributed by atoms with Crippen molar-refractivity contribution in [2.75, 3.05) is 18.1 Å². The first-order chi connectivity index (χ1) is 6.36. The van der Waals surface area contributed by atoms with Crippen LogP contribution in [0, 0.1) is 0 Å². The van der Waals surface area contributed by atoms with Crippen LogP contribution in [0.1, 0.15) is 13.8 Å². The quantitative estimate of drug-likeness (QED) is 0.689. The summed E-state index contributed by atoms with van der Waals surface area (Å²) < 4.78 is 1.92. The first-order valence-corrected chi connectivity index (χ1v) is 4.48. The molecule has 5 heteroatoms. The molecule has 0 bridgehead atoms. The maximum Gasteiger partial charge on any atom is 0.119 e. The molecule has 0 atom stereocenters. The molecule has 2 aromatic heterocycles. The summed E-state index contributed by atoms with van der Waals surface area (Å²) in [5, 5.41) is 6.38. The van der Waals surface area contributed by atoms with Gasteiger partial charge in [-0.15, -0.1) is 10.0 Å². The fraction of sp³-hybridized carbons (Fsp3) is 0.500. The van der Waals surface area contributed by atoms with Crippen molar-refractivity contribution in [3.8, 4) is 0 Å². The van der Waals surface area contributed by atoms with Gasteiger partial charge in [-0.2, -0.15) is 0 Å². The zero-order valence-electron chi connectivity index (χ0n) is 7.88. The third kappa shape index (κ3) is 1.16. The molecule has 13 heavy (non-hydrogen) atoms. The number of fused-ring (bicyclic) bond motifs is 1. The van der Waals surface area contributed by atoms with Gasteiger partial charge >= 0.3 is 0 Å². The van der Waals surface area contributed by atoms with Gasteiger partial charge < -0.3 is 0 Å². The zero-order valence-corrected chi connectivity index (χ0v) is 7.88. The molecule has 0 radical (unpaired) electrons. The van der Waals surface area contributed by atoms with Gasteiger partial charge in [0.25, 0.3) is 0 Å². The summed E-state index contributed by atoms with van der Waals surface area (Å²) in [4.78, 5) is 5.88. The molecule has 2 heterocycles. The molecule has 0 aliphatic heterocycles. The van der Waals surface area contributed by atoms with Crippen LogP contribution in [0.2, 0.25) is 0 Å².